The third-order valence-corrected chi connectivity index (χ3v) is 6.08. The highest BCUT2D eigenvalue weighted by atomic mass is 16.2. The Kier molecular flexibility index (Phi) is 7.38. The number of fused-ring (bicyclic) bond motifs is 1. The number of hydrogen-bond donors (Lipinski definition) is 1. The predicted octanol–water partition coefficient (Wildman–Crippen LogP) is 3.16. The minimum absolute atomic E-state index is 0.241. The maximum Gasteiger partial charge on any atom is 0.333 e. The van der Waals surface area contributed by atoms with Gasteiger partial charge in [-0.05, 0) is 42.2 Å². The fraction of sp³-hybridized carbons (Fsp3) is 0.333. The highest BCUT2D eigenvalue weighted by Gasteiger charge is 2.20. The number of carbonyl (C=O) groups excluding carboxylic acids is 1. The Balaban J connectivity index is 1.72. The second kappa shape index (κ2) is 10.6. The number of nitrogens with zero attached hydrogens (tertiary/aromatic N) is 5. The van der Waals surface area contributed by atoms with E-state index in [9.17, 15) is 14.4 Å². The van der Waals surface area contributed by atoms with E-state index in [1.54, 1.807) is 23.0 Å². The number of anilines is 2. The molecule has 4 rings (SSSR count). The first-order chi connectivity index (χ1) is 17.2. The van der Waals surface area contributed by atoms with E-state index in [0.29, 0.717) is 29.3 Å². The summed E-state index contributed by atoms with van der Waals surface area (Å²) in [5.41, 5.74) is 2.05. The van der Waals surface area contributed by atoms with Gasteiger partial charge in [-0.2, -0.15) is 0 Å². The van der Waals surface area contributed by atoms with E-state index in [2.05, 4.69) is 24.1 Å². The molecule has 0 fully saturated rings. The Hall–Kier alpha value is -4.14. The minimum Gasteiger partial charge on any atom is -0.378 e. The van der Waals surface area contributed by atoms with Crippen LogP contribution in [0.5, 0.6) is 0 Å². The highest BCUT2D eigenvalue weighted by molar-refractivity contribution is 5.90. The van der Waals surface area contributed by atoms with Crippen molar-refractivity contribution in [1.82, 2.24) is 18.7 Å². The number of amides is 1. The number of benzene rings is 2. The minimum atomic E-state index is -0.566. The van der Waals surface area contributed by atoms with Crippen molar-refractivity contribution in [1.29, 1.82) is 0 Å². The van der Waals surface area contributed by atoms with Gasteiger partial charge in [0.05, 0.1) is 12.9 Å². The van der Waals surface area contributed by atoms with Gasteiger partial charge >= 0.3 is 5.69 Å². The summed E-state index contributed by atoms with van der Waals surface area (Å²) >= 11 is 0. The van der Waals surface area contributed by atoms with Crippen LogP contribution in [0.3, 0.4) is 0 Å². The number of carbonyl (C=O) groups is 1. The lowest BCUT2D eigenvalue weighted by Crippen LogP contribution is -2.43. The maximum atomic E-state index is 13.5. The third kappa shape index (κ3) is 5.40. The van der Waals surface area contributed by atoms with Gasteiger partial charge in [0.2, 0.25) is 5.91 Å². The van der Waals surface area contributed by atoms with Crippen molar-refractivity contribution in [2.45, 2.75) is 39.9 Å². The summed E-state index contributed by atoms with van der Waals surface area (Å²) in [6.45, 7) is 4.66. The molecule has 0 radical (unpaired) electrons. The molecule has 4 aromatic rings. The van der Waals surface area contributed by atoms with Crippen LogP contribution in [0.25, 0.3) is 11.2 Å². The van der Waals surface area contributed by atoms with Crippen LogP contribution in [-0.2, 0) is 24.4 Å². The second-order valence-corrected chi connectivity index (χ2v) is 9.53. The molecular weight excluding hydrogens is 456 g/mol. The van der Waals surface area contributed by atoms with Crippen LogP contribution in [0.15, 0.2) is 70.5 Å². The third-order valence-electron chi connectivity index (χ3n) is 6.08. The average molecular weight is 489 g/mol. The fourth-order valence-electron chi connectivity index (χ4n) is 4.04. The van der Waals surface area contributed by atoms with E-state index in [1.165, 1.54) is 4.57 Å². The SMILES string of the molecule is CC(C)CCn1cnc2c1c(=O)n(CC(=O)Nc1ccc(N(C)C)cc1)c(=O)n2Cc1ccccc1. The summed E-state index contributed by atoms with van der Waals surface area (Å²) in [7, 11) is 3.87. The molecule has 0 unspecified atom stereocenters. The zero-order valence-electron chi connectivity index (χ0n) is 21.1. The molecule has 2 heterocycles. The summed E-state index contributed by atoms with van der Waals surface area (Å²) in [6.07, 6.45) is 2.46. The Labute approximate surface area is 209 Å². The Morgan fingerprint density at radius 1 is 1.00 bits per heavy atom. The van der Waals surface area contributed by atoms with E-state index in [0.717, 1.165) is 22.2 Å². The quantitative estimate of drug-likeness (QED) is 0.391. The number of imidazole rings is 1. The van der Waals surface area contributed by atoms with Crippen molar-refractivity contribution in [3.8, 4) is 0 Å². The van der Waals surface area contributed by atoms with E-state index in [-0.39, 0.29) is 6.54 Å². The van der Waals surface area contributed by atoms with Crippen molar-refractivity contribution >= 4 is 28.4 Å². The van der Waals surface area contributed by atoms with E-state index >= 15 is 0 Å². The van der Waals surface area contributed by atoms with Gasteiger partial charge in [0.15, 0.2) is 11.2 Å². The van der Waals surface area contributed by atoms with Crippen molar-refractivity contribution in [3.05, 3.63) is 87.3 Å². The first kappa shape index (κ1) is 25.0. The molecule has 0 aliphatic rings. The van der Waals surface area contributed by atoms with Gasteiger partial charge in [0.1, 0.15) is 6.54 Å². The molecule has 0 spiro atoms. The number of aromatic nitrogens is 4. The monoisotopic (exact) mass is 488 g/mol. The molecular formula is C27H32N6O3. The van der Waals surface area contributed by atoms with Crippen molar-refractivity contribution in [2.24, 2.45) is 5.92 Å². The second-order valence-electron chi connectivity index (χ2n) is 9.53. The van der Waals surface area contributed by atoms with Crippen LogP contribution in [0.2, 0.25) is 0 Å². The van der Waals surface area contributed by atoms with Crippen LogP contribution >= 0.6 is 0 Å². The molecule has 0 aliphatic heterocycles. The topological polar surface area (TPSA) is 94.2 Å². The summed E-state index contributed by atoms with van der Waals surface area (Å²) in [4.78, 5) is 46.3. The van der Waals surface area contributed by atoms with Crippen LogP contribution in [0.4, 0.5) is 11.4 Å². The molecule has 0 atom stereocenters. The van der Waals surface area contributed by atoms with Gasteiger partial charge in [-0.1, -0.05) is 44.2 Å². The summed E-state index contributed by atoms with van der Waals surface area (Å²) in [5, 5.41) is 2.79. The standard InChI is InChI=1S/C27H32N6O3/c1-19(2)14-15-31-18-28-25-24(31)26(35)33(27(36)32(25)16-20-8-6-5-7-9-20)17-23(34)29-21-10-12-22(13-11-21)30(3)4/h5-13,18-19H,14-17H2,1-4H3,(H,29,34). The molecule has 9 nitrogen and oxygen atoms in total. The molecule has 36 heavy (non-hydrogen) atoms. The molecule has 0 aliphatic carbocycles. The number of rotatable bonds is 9. The van der Waals surface area contributed by atoms with Gasteiger partial charge in [0, 0.05) is 32.0 Å². The Morgan fingerprint density at radius 2 is 1.69 bits per heavy atom. The van der Waals surface area contributed by atoms with Gasteiger partial charge in [-0.3, -0.25) is 14.2 Å². The highest BCUT2D eigenvalue weighted by Crippen LogP contribution is 2.16. The Morgan fingerprint density at radius 3 is 2.33 bits per heavy atom. The molecule has 0 bridgehead atoms. The molecule has 1 N–H and O–H groups in total. The zero-order valence-corrected chi connectivity index (χ0v) is 21.1. The van der Waals surface area contributed by atoms with Gasteiger partial charge < -0.3 is 14.8 Å². The lowest BCUT2D eigenvalue weighted by Gasteiger charge is -2.14. The molecule has 9 heteroatoms. The molecule has 188 valence electrons. The molecule has 2 aromatic heterocycles. The van der Waals surface area contributed by atoms with Crippen molar-refractivity contribution in [3.63, 3.8) is 0 Å². The van der Waals surface area contributed by atoms with Crippen LogP contribution in [0.1, 0.15) is 25.8 Å². The molecule has 2 aromatic carbocycles. The smallest absolute Gasteiger partial charge is 0.333 e. The van der Waals surface area contributed by atoms with Crippen LogP contribution in [-0.4, -0.2) is 38.7 Å². The first-order valence-electron chi connectivity index (χ1n) is 12.0. The van der Waals surface area contributed by atoms with Gasteiger partial charge in [-0.25, -0.2) is 14.3 Å². The summed E-state index contributed by atoms with van der Waals surface area (Å²) in [5.74, 6) is -0.0183. The lowest BCUT2D eigenvalue weighted by atomic mass is 10.1. The van der Waals surface area contributed by atoms with Crippen molar-refractivity contribution < 1.29 is 4.79 Å². The van der Waals surface area contributed by atoms with Crippen LogP contribution in [0, 0.1) is 5.92 Å². The number of hydrogen-bond acceptors (Lipinski definition) is 5. The summed E-state index contributed by atoms with van der Waals surface area (Å²) in [6, 6.07) is 16.8. The zero-order chi connectivity index (χ0) is 25.8. The van der Waals surface area contributed by atoms with Gasteiger partial charge in [0.25, 0.3) is 5.56 Å². The average Bonchev–Trinajstić information content (AvgIpc) is 3.28. The van der Waals surface area contributed by atoms with Crippen molar-refractivity contribution in [2.75, 3.05) is 24.3 Å². The predicted molar refractivity (Wildman–Crippen MR) is 143 cm³/mol. The Bertz CT molecular complexity index is 1460. The first-order valence-corrected chi connectivity index (χ1v) is 12.0. The largest absolute Gasteiger partial charge is 0.378 e. The molecule has 0 saturated heterocycles. The fourth-order valence-corrected chi connectivity index (χ4v) is 4.04. The van der Waals surface area contributed by atoms with E-state index in [1.807, 2.05) is 61.5 Å². The number of nitrogens with one attached hydrogen (secondary N) is 1. The maximum absolute atomic E-state index is 13.5. The lowest BCUT2D eigenvalue weighted by molar-refractivity contribution is -0.116. The molecule has 1 amide bonds. The molecule has 0 saturated carbocycles. The van der Waals surface area contributed by atoms with Gasteiger partial charge in [-0.15, -0.1) is 0 Å². The summed E-state index contributed by atoms with van der Waals surface area (Å²) < 4.78 is 4.26. The normalized spacial score (nSPS) is 11.2. The number of aryl methyl sites for hydroxylation is 1. The van der Waals surface area contributed by atoms with E-state index in [4.69, 9.17) is 0 Å². The van der Waals surface area contributed by atoms with E-state index < -0.39 is 23.7 Å². The van der Waals surface area contributed by atoms with Crippen LogP contribution < -0.4 is 21.5 Å².